The molecule has 0 atom stereocenters. The summed E-state index contributed by atoms with van der Waals surface area (Å²) in [6, 6.07) is 14.0. The molecule has 2 rings (SSSR count). The molecule has 20 heavy (non-hydrogen) atoms. The molecule has 0 saturated carbocycles. The van der Waals surface area contributed by atoms with E-state index in [-0.39, 0.29) is 11.7 Å². The fraction of sp³-hybridized carbons (Fsp3) is 0.118. The van der Waals surface area contributed by atoms with Crippen molar-refractivity contribution >= 4 is 12.0 Å². The van der Waals surface area contributed by atoms with Crippen LogP contribution in [0, 0.1) is 12.7 Å². The van der Waals surface area contributed by atoms with Crippen LogP contribution in [0.25, 0.3) is 6.08 Å². The van der Waals surface area contributed by atoms with Gasteiger partial charge in [0.05, 0.1) is 0 Å². The van der Waals surface area contributed by atoms with E-state index in [4.69, 9.17) is 0 Å². The van der Waals surface area contributed by atoms with Gasteiger partial charge in [0, 0.05) is 12.6 Å². The average Bonchev–Trinajstić information content (AvgIpc) is 2.46. The molecule has 2 aromatic carbocycles. The fourth-order valence-corrected chi connectivity index (χ4v) is 1.70. The second kappa shape index (κ2) is 6.66. The van der Waals surface area contributed by atoms with Crippen LogP contribution in [0.1, 0.15) is 16.7 Å². The van der Waals surface area contributed by atoms with Crippen LogP contribution in [0.3, 0.4) is 0 Å². The van der Waals surface area contributed by atoms with E-state index < -0.39 is 0 Å². The lowest BCUT2D eigenvalue weighted by molar-refractivity contribution is -0.116. The van der Waals surface area contributed by atoms with Crippen molar-refractivity contribution in [3.8, 4) is 0 Å². The highest BCUT2D eigenvalue weighted by molar-refractivity contribution is 5.91. The zero-order valence-electron chi connectivity index (χ0n) is 11.3. The molecule has 0 radical (unpaired) electrons. The Morgan fingerprint density at radius 3 is 2.40 bits per heavy atom. The molecule has 2 nitrogen and oxygen atoms in total. The second-order valence-electron chi connectivity index (χ2n) is 4.59. The molecule has 0 aromatic heterocycles. The summed E-state index contributed by atoms with van der Waals surface area (Å²) >= 11 is 0. The summed E-state index contributed by atoms with van der Waals surface area (Å²) in [5.74, 6) is -0.458. The van der Waals surface area contributed by atoms with Gasteiger partial charge in [-0.25, -0.2) is 4.39 Å². The first-order valence-electron chi connectivity index (χ1n) is 6.40. The van der Waals surface area contributed by atoms with Crippen LogP contribution in [0.15, 0.2) is 54.6 Å². The van der Waals surface area contributed by atoms with E-state index in [2.05, 4.69) is 5.32 Å². The fourth-order valence-electron chi connectivity index (χ4n) is 1.70. The highest BCUT2D eigenvalue weighted by Gasteiger charge is 1.97. The minimum atomic E-state index is -0.286. The van der Waals surface area contributed by atoms with Gasteiger partial charge in [-0.1, -0.05) is 42.0 Å². The summed E-state index contributed by atoms with van der Waals surface area (Å²) in [6.45, 7) is 2.51. The number of aryl methyl sites for hydroxylation is 1. The number of amides is 1. The lowest BCUT2D eigenvalue weighted by Gasteiger charge is -2.03. The average molecular weight is 269 g/mol. The minimum absolute atomic E-state index is 0.171. The molecule has 2 aromatic rings. The van der Waals surface area contributed by atoms with E-state index in [1.807, 2.05) is 31.2 Å². The smallest absolute Gasteiger partial charge is 0.244 e. The van der Waals surface area contributed by atoms with E-state index in [0.29, 0.717) is 6.54 Å². The van der Waals surface area contributed by atoms with Gasteiger partial charge in [0.25, 0.3) is 0 Å². The Bertz CT molecular complexity index is 600. The molecule has 0 unspecified atom stereocenters. The second-order valence-corrected chi connectivity index (χ2v) is 4.59. The molecule has 0 spiro atoms. The van der Waals surface area contributed by atoms with Gasteiger partial charge < -0.3 is 5.32 Å². The van der Waals surface area contributed by atoms with Gasteiger partial charge in [-0.15, -0.1) is 0 Å². The summed E-state index contributed by atoms with van der Waals surface area (Å²) < 4.78 is 12.7. The van der Waals surface area contributed by atoms with Crippen molar-refractivity contribution in [2.24, 2.45) is 0 Å². The number of rotatable bonds is 4. The lowest BCUT2D eigenvalue weighted by atomic mass is 10.1. The van der Waals surface area contributed by atoms with Crippen LogP contribution < -0.4 is 5.32 Å². The van der Waals surface area contributed by atoms with Gasteiger partial charge in [0.15, 0.2) is 0 Å². The number of benzene rings is 2. The van der Waals surface area contributed by atoms with Gasteiger partial charge >= 0.3 is 0 Å². The van der Waals surface area contributed by atoms with Crippen molar-refractivity contribution in [2.45, 2.75) is 13.5 Å². The first kappa shape index (κ1) is 14.0. The number of halogens is 1. The monoisotopic (exact) mass is 269 g/mol. The number of nitrogens with one attached hydrogen (secondary N) is 1. The van der Waals surface area contributed by atoms with Gasteiger partial charge in [0.1, 0.15) is 5.82 Å². The first-order chi connectivity index (χ1) is 9.63. The van der Waals surface area contributed by atoms with Crippen LogP contribution in [-0.4, -0.2) is 5.91 Å². The Balaban J connectivity index is 1.86. The van der Waals surface area contributed by atoms with Gasteiger partial charge in [-0.05, 0) is 36.3 Å². The summed E-state index contributed by atoms with van der Waals surface area (Å²) in [7, 11) is 0. The minimum Gasteiger partial charge on any atom is -0.348 e. The Labute approximate surface area is 118 Å². The molecular weight excluding hydrogens is 253 g/mol. The number of hydrogen-bond acceptors (Lipinski definition) is 1. The largest absolute Gasteiger partial charge is 0.348 e. The lowest BCUT2D eigenvalue weighted by Crippen LogP contribution is -2.20. The normalized spacial score (nSPS) is 10.7. The highest BCUT2D eigenvalue weighted by Crippen LogP contribution is 2.05. The van der Waals surface area contributed by atoms with E-state index in [9.17, 15) is 9.18 Å². The van der Waals surface area contributed by atoms with E-state index in [1.165, 1.54) is 23.8 Å². The Kier molecular flexibility index (Phi) is 4.66. The maximum Gasteiger partial charge on any atom is 0.244 e. The van der Waals surface area contributed by atoms with Crippen molar-refractivity contribution in [3.63, 3.8) is 0 Å². The van der Waals surface area contributed by atoms with Crippen LogP contribution >= 0.6 is 0 Å². The molecule has 0 saturated heterocycles. The van der Waals surface area contributed by atoms with E-state index in [0.717, 1.165) is 11.1 Å². The van der Waals surface area contributed by atoms with Gasteiger partial charge in [0.2, 0.25) is 5.91 Å². The zero-order valence-corrected chi connectivity index (χ0v) is 11.3. The Morgan fingerprint density at radius 2 is 1.75 bits per heavy atom. The van der Waals surface area contributed by atoms with Crippen LogP contribution in [0.2, 0.25) is 0 Å². The number of carbonyl (C=O) groups excluding carboxylic acids is 1. The van der Waals surface area contributed by atoms with Gasteiger partial charge in [-0.2, -0.15) is 0 Å². The maximum atomic E-state index is 12.7. The molecular formula is C17H16FNO. The van der Waals surface area contributed by atoms with Crippen LogP contribution in [0.5, 0.6) is 0 Å². The number of carbonyl (C=O) groups is 1. The predicted octanol–water partition coefficient (Wildman–Crippen LogP) is 3.46. The third-order valence-corrected chi connectivity index (χ3v) is 2.88. The van der Waals surface area contributed by atoms with Crippen LogP contribution in [0.4, 0.5) is 4.39 Å². The molecule has 1 amide bonds. The highest BCUT2D eigenvalue weighted by atomic mass is 19.1. The van der Waals surface area contributed by atoms with Crippen molar-refractivity contribution in [1.82, 2.24) is 5.32 Å². The van der Waals surface area contributed by atoms with E-state index >= 15 is 0 Å². The molecule has 0 aliphatic rings. The van der Waals surface area contributed by atoms with Crippen molar-refractivity contribution < 1.29 is 9.18 Å². The molecule has 0 aliphatic heterocycles. The van der Waals surface area contributed by atoms with Crippen LogP contribution in [-0.2, 0) is 11.3 Å². The Hall–Kier alpha value is -2.42. The summed E-state index contributed by atoms with van der Waals surface area (Å²) in [5, 5.41) is 2.80. The van der Waals surface area contributed by atoms with Crippen molar-refractivity contribution in [3.05, 3.63) is 77.1 Å². The zero-order chi connectivity index (χ0) is 14.4. The van der Waals surface area contributed by atoms with Gasteiger partial charge in [-0.3, -0.25) is 4.79 Å². The molecule has 3 heteroatoms. The summed E-state index contributed by atoms with van der Waals surface area (Å²) in [5.41, 5.74) is 3.03. The van der Waals surface area contributed by atoms with Crippen molar-refractivity contribution in [1.29, 1.82) is 0 Å². The first-order valence-corrected chi connectivity index (χ1v) is 6.40. The molecule has 0 bridgehead atoms. The third kappa shape index (κ3) is 4.35. The quantitative estimate of drug-likeness (QED) is 0.846. The standard InChI is InChI=1S/C17H16FNO/c1-13-2-4-15(5-3-13)12-19-17(20)11-8-14-6-9-16(18)10-7-14/h2-11H,12H2,1H3,(H,19,20)/b11-8+. The van der Waals surface area contributed by atoms with E-state index in [1.54, 1.807) is 18.2 Å². The molecule has 0 aliphatic carbocycles. The SMILES string of the molecule is Cc1ccc(CNC(=O)/C=C/c2ccc(F)cc2)cc1. The van der Waals surface area contributed by atoms with Crippen molar-refractivity contribution in [2.75, 3.05) is 0 Å². The third-order valence-electron chi connectivity index (χ3n) is 2.88. The molecule has 0 fully saturated rings. The molecule has 0 heterocycles. The maximum absolute atomic E-state index is 12.7. The number of hydrogen-bond donors (Lipinski definition) is 1. The predicted molar refractivity (Wildman–Crippen MR) is 78.5 cm³/mol. The summed E-state index contributed by atoms with van der Waals surface area (Å²) in [4.78, 5) is 11.7. The topological polar surface area (TPSA) is 29.1 Å². The summed E-state index contributed by atoms with van der Waals surface area (Å²) in [6.07, 6.45) is 3.10. The molecule has 1 N–H and O–H groups in total. The Morgan fingerprint density at radius 1 is 1.10 bits per heavy atom. The molecule has 102 valence electrons.